The van der Waals surface area contributed by atoms with E-state index in [1.54, 1.807) is 4.90 Å². The quantitative estimate of drug-likeness (QED) is 0.773. The summed E-state index contributed by atoms with van der Waals surface area (Å²) < 4.78 is 46.3. The molecule has 0 unspecified atom stereocenters. The summed E-state index contributed by atoms with van der Waals surface area (Å²) in [5.41, 5.74) is 1.45. The third-order valence-corrected chi connectivity index (χ3v) is 4.39. The highest BCUT2D eigenvalue weighted by molar-refractivity contribution is 5.94. The lowest BCUT2D eigenvalue weighted by Gasteiger charge is -2.32. The smallest absolute Gasteiger partial charge is 0.406 e. The fraction of sp³-hybridized carbons (Fsp3) is 0.350. The van der Waals surface area contributed by atoms with Crippen LogP contribution in [0.25, 0.3) is 0 Å². The topological polar surface area (TPSA) is 38.8 Å². The number of hydrogen-bond donors (Lipinski definition) is 0. The maximum atomic E-state index is 12.5. The molecule has 144 valence electrons. The number of halogens is 3. The maximum Gasteiger partial charge on any atom is 0.573 e. The first kappa shape index (κ1) is 19.2. The summed E-state index contributed by atoms with van der Waals surface area (Å²) in [4.78, 5) is 14.2. The van der Waals surface area contributed by atoms with Crippen LogP contribution < -0.4 is 4.74 Å². The Bertz CT molecular complexity index is 739. The highest BCUT2D eigenvalue weighted by Gasteiger charge is 2.31. The van der Waals surface area contributed by atoms with E-state index in [0.29, 0.717) is 25.3 Å². The minimum atomic E-state index is -4.74. The molecule has 0 spiro atoms. The molecule has 1 heterocycles. The van der Waals surface area contributed by atoms with Gasteiger partial charge >= 0.3 is 6.36 Å². The third kappa shape index (κ3) is 5.72. The van der Waals surface area contributed by atoms with Crippen molar-refractivity contribution in [3.63, 3.8) is 0 Å². The summed E-state index contributed by atoms with van der Waals surface area (Å²) in [6.45, 7) is 1.65. The number of piperidine rings is 1. The van der Waals surface area contributed by atoms with E-state index in [-0.39, 0.29) is 17.8 Å². The number of carbonyl (C=O) groups excluding carboxylic acids is 1. The SMILES string of the molecule is O=C(c1ccc(OC(F)(F)F)cc1)N1CCC(OCc2ccccc2)CC1. The second-order valence-electron chi connectivity index (χ2n) is 6.36. The van der Waals surface area contributed by atoms with Crippen molar-refractivity contribution in [2.75, 3.05) is 13.1 Å². The number of amides is 1. The summed E-state index contributed by atoms with van der Waals surface area (Å²) >= 11 is 0. The van der Waals surface area contributed by atoms with Crippen molar-refractivity contribution >= 4 is 5.91 Å². The Morgan fingerprint density at radius 3 is 2.22 bits per heavy atom. The second kappa shape index (κ2) is 8.43. The van der Waals surface area contributed by atoms with Crippen molar-refractivity contribution < 1.29 is 27.4 Å². The first-order chi connectivity index (χ1) is 12.9. The molecule has 7 heteroatoms. The van der Waals surface area contributed by atoms with Gasteiger partial charge < -0.3 is 14.4 Å². The molecule has 1 aliphatic heterocycles. The van der Waals surface area contributed by atoms with Gasteiger partial charge in [0.05, 0.1) is 12.7 Å². The molecule has 0 radical (unpaired) electrons. The minimum Gasteiger partial charge on any atom is -0.406 e. The molecule has 0 aromatic heterocycles. The number of hydrogen-bond acceptors (Lipinski definition) is 3. The first-order valence-electron chi connectivity index (χ1n) is 8.71. The largest absolute Gasteiger partial charge is 0.573 e. The number of rotatable bonds is 5. The standard InChI is InChI=1S/C20H20F3NO3/c21-20(22,23)27-18-8-6-16(7-9-18)19(25)24-12-10-17(11-13-24)26-14-15-4-2-1-3-5-15/h1-9,17H,10-14H2. The Morgan fingerprint density at radius 1 is 1.00 bits per heavy atom. The van der Waals surface area contributed by atoms with Gasteiger partial charge in [0.25, 0.3) is 5.91 Å². The number of carbonyl (C=O) groups is 1. The van der Waals surface area contributed by atoms with Crippen LogP contribution in [0, 0.1) is 0 Å². The van der Waals surface area contributed by atoms with E-state index in [9.17, 15) is 18.0 Å². The number of ether oxygens (including phenoxy) is 2. The van der Waals surface area contributed by atoms with Gasteiger partial charge in [0.2, 0.25) is 0 Å². The zero-order chi connectivity index (χ0) is 19.3. The average molecular weight is 379 g/mol. The summed E-state index contributed by atoms with van der Waals surface area (Å²) in [6, 6.07) is 14.9. The highest BCUT2D eigenvalue weighted by Crippen LogP contribution is 2.24. The molecule has 0 aliphatic carbocycles. The van der Waals surface area contributed by atoms with Crippen LogP contribution in [0.4, 0.5) is 13.2 Å². The molecular formula is C20H20F3NO3. The molecule has 1 fully saturated rings. The molecule has 0 atom stereocenters. The Labute approximate surface area is 155 Å². The van der Waals surface area contributed by atoms with Gasteiger partial charge in [0.1, 0.15) is 5.75 Å². The monoisotopic (exact) mass is 379 g/mol. The summed E-state index contributed by atoms with van der Waals surface area (Å²) in [5.74, 6) is -0.540. The molecular weight excluding hydrogens is 359 g/mol. The lowest BCUT2D eigenvalue weighted by Crippen LogP contribution is -2.40. The fourth-order valence-corrected chi connectivity index (χ4v) is 3.00. The molecule has 2 aromatic carbocycles. The van der Waals surface area contributed by atoms with Crippen molar-refractivity contribution in [1.82, 2.24) is 4.90 Å². The van der Waals surface area contributed by atoms with E-state index in [1.165, 1.54) is 12.1 Å². The maximum absolute atomic E-state index is 12.5. The predicted molar refractivity (Wildman–Crippen MR) is 93.3 cm³/mol. The van der Waals surface area contributed by atoms with Gasteiger partial charge in [-0.3, -0.25) is 4.79 Å². The van der Waals surface area contributed by atoms with E-state index in [2.05, 4.69) is 4.74 Å². The van der Waals surface area contributed by atoms with Gasteiger partial charge in [-0.25, -0.2) is 0 Å². The van der Waals surface area contributed by atoms with Gasteiger partial charge in [-0.05, 0) is 42.7 Å². The van der Waals surface area contributed by atoms with E-state index in [0.717, 1.165) is 30.5 Å². The Kier molecular flexibility index (Phi) is 6.01. The van der Waals surface area contributed by atoms with Crippen molar-refractivity contribution in [3.8, 4) is 5.75 Å². The van der Waals surface area contributed by atoms with Crippen LogP contribution in [-0.2, 0) is 11.3 Å². The Hall–Kier alpha value is -2.54. The molecule has 1 saturated heterocycles. The second-order valence-corrected chi connectivity index (χ2v) is 6.36. The predicted octanol–water partition coefficient (Wildman–Crippen LogP) is 4.41. The number of alkyl halides is 3. The molecule has 27 heavy (non-hydrogen) atoms. The zero-order valence-corrected chi connectivity index (χ0v) is 14.6. The van der Waals surface area contributed by atoms with Gasteiger partial charge in [0, 0.05) is 18.7 Å². The highest BCUT2D eigenvalue weighted by atomic mass is 19.4. The first-order valence-corrected chi connectivity index (χ1v) is 8.71. The number of likely N-dealkylation sites (tertiary alicyclic amines) is 1. The van der Waals surface area contributed by atoms with Crippen LogP contribution in [0.15, 0.2) is 54.6 Å². The van der Waals surface area contributed by atoms with Crippen molar-refractivity contribution in [1.29, 1.82) is 0 Å². The van der Waals surface area contributed by atoms with Gasteiger partial charge in [0.15, 0.2) is 0 Å². The van der Waals surface area contributed by atoms with Gasteiger partial charge in [-0.15, -0.1) is 13.2 Å². The van der Waals surface area contributed by atoms with E-state index in [1.807, 2.05) is 30.3 Å². The normalized spacial score (nSPS) is 15.6. The van der Waals surface area contributed by atoms with Crippen LogP contribution in [-0.4, -0.2) is 36.4 Å². The van der Waals surface area contributed by atoms with Crippen LogP contribution in [0.5, 0.6) is 5.75 Å². The molecule has 0 saturated carbocycles. The molecule has 1 aliphatic rings. The minimum absolute atomic E-state index is 0.0943. The summed E-state index contributed by atoms with van der Waals surface area (Å²) in [5, 5.41) is 0. The lowest BCUT2D eigenvalue weighted by molar-refractivity contribution is -0.274. The van der Waals surface area contributed by atoms with E-state index in [4.69, 9.17) is 4.74 Å². The summed E-state index contributed by atoms with van der Waals surface area (Å²) in [6.07, 6.45) is -3.19. The van der Waals surface area contributed by atoms with Gasteiger partial charge in [-0.1, -0.05) is 30.3 Å². The van der Waals surface area contributed by atoms with Crippen LogP contribution >= 0.6 is 0 Å². The zero-order valence-electron chi connectivity index (χ0n) is 14.6. The number of nitrogens with zero attached hydrogens (tertiary/aromatic N) is 1. The lowest BCUT2D eigenvalue weighted by atomic mass is 10.1. The van der Waals surface area contributed by atoms with Crippen molar-refractivity contribution in [3.05, 3.63) is 65.7 Å². The Balaban J connectivity index is 1.48. The summed E-state index contributed by atoms with van der Waals surface area (Å²) in [7, 11) is 0. The van der Waals surface area contributed by atoms with E-state index >= 15 is 0 Å². The van der Waals surface area contributed by atoms with E-state index < -0.39 is 6.36 Å². The van der Waals surface area contributed by atoms with Crippen molar-refractivity contribution in [2.45, 2.75) is 31.9 Å². The van der Waals surface area contributed by atoms with Gasteiger partial charge in [-0.2, -0.15) is 0 Å². The molecule has 4 nitrogen and oxygen atoms in total. The van der Waals surface area contributed by atoms with Crippen LogP contribution in [0.2, 0.25) is 0 Å². The molecule has 0 N–H and O–H groups in total. The Morgan fingerprint density at radius 2 is 1.63 bits per heavy atom. The molecule has 1 amide bonds. The third-order valence-electron chi connectivity index (χ3n) is 4.39. The molecule has 3 rings (SSSR count). The van der Waals surface area contributed by atoms with Crippen molar-refractivity contribution in [2.24, 2.45) is 0 Å². The average Bonchev–Trinajstić information content (AvgIpc) is 2.66. The van der Waals surface area contributed by atoms with Crippen LogP contribution in [0.1, 0.15) is 28.8 Å². The molecule has 2 aromatic rings. The fourth-order valence-electron chi connectivity index (χ4n) is 3.00. The van der Waals surface area contributed by atoms with Crippen LogP contribution in [0.3, 0.4) is 0 Å². The number of benzene rings is 2. The molecule has 0 bridgehead atoms.